The van der Waals surface area contributed by atoms with Crippen molar-refractivity contribution in [1.82, 2.24) is 4.90 Å². The molecule has 2 aromatic rings. The molecule has 2 fully saturated rings. The fraction of sp³-hybridized carbons (Fsp3) is 0.318. The minimum atomic E-state index is -0.464. The summed E-state index contributed by atoms with van der Waals surface area (Å²) in [6.45, 7) is 2.42. The highest BCUT2D eigenvalue weighted by molar-refractivity contribution is 6.07. The number of anilines is 2. The number of ether oxygens (including phenoxy) is 1. The molecule has 7 heteroatoms. The van der Waals surface area contributed by atoms with Crippen molar-refractivity contribution in [2.24, 2.45) is 5.92 Å². The van der Waals surface area contributed by atoms with Crippen LogP contribution in [0.3, 0.4) is 0 Å². The molecule has 150 valence electrons. The van der Waals surface area contributed by atoms with Crippen LogP contribution in [0.25, 0.3) is 0 Å². The van der Waals surface area contributed by atoms with Gasteiger partial charge in [0, 0.05) is 31.7 Å². The first-order valence-corrected chi connectivity index (χ1v) is 9.76. The van der Waals surface area contributed by atoms with Gasteiger partial charge in [0.2, 0.25) is 11.8 Å². The smallest absolute Gasteiger partial charge is 0.256 e. The lowest BCUT2D eigenvalue weighted by molar-refractivity contribution is -0.122. The predicted octanol–water partition coefficient (Wildman–Crippen LogP) is 2.15. The second-order valence-electron chi connectivity index (χ2n) is 7.18. The summed E-state index contributed by atoms with van der Waals surface area (Å²) >= 11 is 0. The van der Waals surface area contributed by atoms with Crippen LogP contribution in [0.15, 0.2) is 54.6 Å². The van der Waals surface area contributed by atoms with Crippen molar-refractivity contribution in [1.29, 1.82) is 0 Å². The average molecular weight is 393 g/mol. The van der Waals surface area contributed by atoms with Crippen LogP contribution in [0.5, 0.6) is 0 Å². The molecule has 3 amide bonds. The molecule has 2 aliphatic rings. The minimum Gasteiger partial charge on any atom is -0.378 e. The third-order valence-corrected chi connectivity index (χ3v) is 5.28. The van der Waals surface area contributed by atoms with Crippen LogP contribution in [-0.2, 0) is 14.3 Å². The Kier molecular flexibility index (Phi) is 5.57. The molecular formula is C22H23N3O4. The van der Waals surface area contributed by atoms with E-state index >= 15 is 0 Å². The third-order valence-electron chi connectivity index (χ3n) is 5.28. The second-order valence-corrected chi connectivity index (χ2v) is 7.18. The highest BCUT2D eigenvalue weighted by Gasteiger charge is 2.35. The number of nitrogens with one attached hydrogen (secondary N) is 1. The van der Waals surface area contributed by atoms with Gasteiger partial charge >= 0.3 is 0 Å². The molecule has 7 nitrogen and oxygen atoms in total. The van der Waals surface area contributed by atoms with Gasteiger partial charge in [-0.3, -0.25) is 14.4 Å². The Hall–Kier alpha value is -3.19. The summed E-state index contributed by atoms with van der Waals surface area (Å²) in [5.74, 6) is -0.917. The van der Waals surface area contributed by atoms with Crippen molar-refractivity contribution in [3.8, 4) is 0 Å². The molecule has 0 bridgehead atoms. The van der Waals surface area contributed by atoms with Gasteiger partial charge in [0.25, 0.3) is 5.91 Å². The average Bonchev–Trinajstić information content (AvgIpc) is 3.17. The van der Waals surface area contributed by atoms with Crippen LogP contribution in [0.2, 0.25) is 0 Å². The first-order chi connectivity index (χ1) is 14.1. The van der Waals surface area contributed by atoms with E-state index in [1.54, 1.807) is 34.1 Å². The standard InChI is InChI=1S/C22H23N3O4/c26-20-14-16(15-25(20)17-6-2-1-3-7-17)21(27)23-19-9-5-4-8-18(19)22(28)24-10-12-29-13-11-24/h1-9,16H,10-15H2,(H,23,27). The van der Waals surface area contributed by atoms with E-state index in [0.717, 1.165) is 5.69 Å². The lowest BCUT2D eigenvalue weighted by Gasteiger charge is -2.27. The molecule has 0 saturated carbocycles. The van der Waals surface area contributed by atoms with Gasteiger partial charge in [-0.05, 0) is 24.3 Å². The maximum atomic E-state index is 12.9. The van der Waals surface area contributed by atoms with Crippen LogP contribution in [0.1, 0.15) is 16.8 Å². The first-order valence-electron chi connectivity index (χ1n) is 9.76. The van der Waals surface area contributed by atoms with Gasteiger partial charge in [-0.1, -0.05) is 30.3 Å². The van der Waals surface area contributed by atoms with Crippen molar-refractivity contribution in [2.75, 3.05) is 43.1 Å². The molecule has 1 atom stereocenters. The van der Waals surface area contributed by atoms with Crippen molar-refractivity contribution < 1.29 is 19.1 Å². The van der Waals surface area contributed by atoms with Crippen molar-refractivity contribution in [3.63, 3.8) is 0 Å². The zero-order valence-corrected chi connectivity index (χ0v) is 16.0. The van der Waals surface area contributed by atoms with E-state index in [-0.39, 0.29) is 24.1 Å². The molecule has 2 aliphatic heterocycles. The summed E-state index contributed by atoms with van der Waals surface area (Å²) in [5, 5.41) is 2.87. The van der Waals surface area contributed by atoms with Crippen LogP contribution in [0.4, 0.5) is 11.4 Å². The van der Waals surface area contributed by atoms with E-state index in [1.807, 2.05) is 30.3 Å². The highest BCUT2D eigenvalue weighted by Crippen LogP contribution is 2.26. The molecule has 0 spiro atoms. The lowest BCUT2D eigenvalue weighted by atomic mass is 10.1. The molecule has 2 aromatic carbocycles. The van der Waals surface area contributed by atoms with Crippen molar-refractivity contribution >= 4 is 29.1 Å². The van der Waals surface area contributed by atoms with Crippen molar-refractivity contribution in [2.45, 2.75) is 6.42 Å². The Morgan fingerprint density at radius 1 is 0.966 bits per heavy atom. The topological polar surface area (TPSA) is 79.0 Å². The molecular weight excluding hydrogens is 370 g/mol. The zero-order chi connectivity index (χ0) is 20.2. The summed E-state index contributed by atoms with van der Waals surface area (Å²) in [5.41, 5.74) is 1.71. The molecule has 29 heavy (non-hydrogen) atoms. The molecule has 1 unspecified atom stereocenters. The summed E-state index contributed by atoms with van der Waals surface area (Å²) in [6.07, 6.45) is 0.153. The number of rotatable bonds is 4. The van der Waals surface area contributed by atoms with Gasteiger partial charge < -0.3 is 19.9 Å². The summed E-state index contributed by atoms with van der Waals surface area (Å²) < 4.78 is 5.30. The SMILES string of the molecule is O=C(Nc1ccccc1C(=O)N1CCOCC1)C1CC(=O)N(c2ccccc2)C1. The maximum absolute atomic E-state index is 12.9. The Morgan fingerprint density at radius 2 is 1.66 bits per heavy atom. The van der Waals surface area contributed by atoms with E-state index in [9.17, 15) is 14.4 Å². The summed E-state index contributed by atoms with van der Waals surface area (Å²) in [6, 6.07) is 16.3. The van der Waals surface area contributed by atoms with E-state index in [0.29, 0.717) is 44.1 Å². The van der Waals surface area contributed by atoms with Gasteiger partial charge in [-0.2, -0.15) is 0 Å². The molecule has 0 aromatic heterocycles. The number of morpholine rings is 1. The highest BCUT2D eigenvalue weighted by atomic mass is 16.5. The number of hydrogen-bond acceptors (Lipinski definition) is 4. The normalized spacial score (nSPS) is 19.3. The van der Waals surface area contributed by atoms with Crippen LogP contribution in [-0.4, -0.2) is 55.5 Å². The van der Waals surface area contributed by atoms with E-state index in [1.165, 1.54) is 0 Å². The lowest BCUT2D eigenvalue weighted by Crippen LogP contribution is -2.41. The predicted molar refractivity (Wildman–Crippen MR) is 109 cm³/mol. The molecule has 2 saturated heterocycles. The van der Waals surface area contributed by atoms with Gasteiger partial charge in [0.05, 0.1) is 30.4 Å². The Bertz CT molecular complexity index is 909. The zero-order valence-electron chi connectivity index (χ0n) is 16.0. The molecule has 1 N–H and O–H groups in total. The van der Waals surface area contributed by atoms with Crippen molar-refractivity contribution in [3.05, 3.63) is 60.2 Å². The van der Waals surface area contributed by atoms with Gasteiger partial charge in [-0.25, -0.2) is 0 Å². The fourth-order valence-electron chi connectivity index (χ4n) is 3.69. The van der Waals surface area contributed by atoms with Gasteiger partial charge in [0.15, 0.2) is 0 Å². The molecule has 0 radical (unpaired) electrons. The summed E-state index contributed by atoms with van der Waals surface area (Å²) in [4.78, 5) is 41.5. The quantitative estimate of drug-likeness (QED) is 0.863. The van der Waals surface area contributed by atoms with Crippen LogP contribution >= 0.6 is 0 Å². The van der Waals surface area contributed by atoms with Gasteiger partial charge in [0.1, 0.15) is 0 Å². The number of hydrogen-bond donors (Lipinski definition) is 1. The molecule has 0 aliphatic carbocycles. The number of para-hydroxylation sites is 2. The minimum absolute atomic E-state index is 0.0750. The Morgan fingerprint density at radius 3 is 2.41 bits per heavy atom. The Labute approximate surface area is 169 Å². The van der Waals surface area contributed by atoms with Crippen LogP contribution in [0, 0.1) is 5.92 Å². The number of carbonyl (C=O) groups is 3. The number of amides is 3. The third kappa shape index (κ3) is 4.14. The maximum Gasteiger partial charge on any atom is 0.256 e. The number of carbonyl (C=O) groups excluding carboxylic acids is 3. The van der Waals surface area contributed by atoms with E-state index < -0.39 is 5.92 Å². The van der Waals surface area contributed by atoms with E-state index in [4.69, 9.17) is 4.74 Å². The molecule has 2 heterocycles. The Balaban J connectivity index is 1.46. The van der Waals surface area contributed by atoms with E-state index in [2.05, 4.69) is 5.32 Å². The molecule has 4 rings (SSSR count). The van der Waals surface area contributed by atoms with Crippen LogP contribution < -0.4 is 10.2 Å². The monoisotopic (exact) mass is 393 g/mol. The van der Waals surface area contributed by atoms with Gasteiger partial charge in [-0.15, -0.1) is 0 Å². The first kappa shape index (κ1) is 19.1. The fourth-order valence-corrected chi connectivity index (χ4v) is 3.69. The number of benzene rings is 2. The number of nitrogens with zero attached hydrogens (tertiary/aromatic N) is 2. The second kappa shape index (κ2) is 8.45. The summed E-state index contributed by atoms with van der Waals surface area (Å²) in [7, 11) is 0. The largest absolute Gasteiger partial charge is 0.378 e.